The molecule has 2 aromatic carbocycles. The third kappa shape index (κ3) is 4.67. The molecule has 0 aliphatic rings. The fraction of sp³-hybridized carbons (Fsp3) is 0.292. The minimum atomic E-state index is -0.226. The van der Waals surface area contributed by atoms with Crippen LogP contribution in [0.4, 0.5) is 0 Å². The van der Waals surface area contributed by atoms with E-state index in [1.165, 1.54) is 35.1 Å². The molecular weight excluding hydrogens is 352 g/mol. The van der Waals surface area contributed by atoms with Crippen molar-refractivity contribution in [1.82, 2.24) is 0 Å². The van der Waals surface area contributed by atoms with Crippen LogP contribution in [0.2, 0.25) is 0 Å². The lowest BCUT2D eigenvalue weighted by Gasteiger charge is -2.17. The quantitative estimate of drug-likeness (QED) is 0.418. The molecule has 2 atom stereocenters. The third-order valence-corrected chi connectivity index (χ3v) is 6.13. The minimum Gasteiger partial charge on any atom is -0.465 e. The highest BCUT2D eigenvalue weighted by atomic mass is 32.1. The Bertz CT molecular complexity index is 865. The van der Waals surface area contributed by atoms with Crippen molar-refractivity contribution < 1.29 is 9.53 Å². The predicted molar refractivity (Wildman–Crippen MR) is 114 cm³/mol. The van der Waals surface area contributed by atoms with E-state index in [0.717, 1.165) is 23.3 Å². The van der Waals surface area contributed by atoms with Gasteiger partial charge >= 0.3 is 5.97 Å². The van der Waals surface area contributed by atoms with Gasteiger partial charge in [0.2, 0.25) is 0 Å². The van der Waals surface area contributed by atoms with Crippen LogP contribution in [0.15, 0.2) is 66.0 Å². The largest absolute Gasteiger partial charge is 0.465 e. The summed E-state index contributed by atoms with van der Waals surface area (Å²) in [5.74, 6) is 0.602. The van der Waals surface area contributed by atoms with E-state index in [0.29, 0.717) is 11.8 Å². The molecule has 0 aliphatic carbocycles. The minimum absolute atomic E-state index is 0.226. The van der Waals surface area contributed by atoms with Crippen molar-refractivity contribution in [2.75, 3.05) is 7.11 Å². The van der Waals surface area contributed by atoms with Crippen LogP contribution in [0.1, 0.15) is 59.3 Å². The Kier molecular flexibility index (Phi) is 6.46. The highest BCUT2D eigenvalue weighted by Gasteiger charge is 2.19. The summed E-state index contributed by atoms with van der Waals surface area (Å²) in [6, 6.07) is 21.4. The number of rotatable bonds is 7. The summed E-state index contributed by atoms with van der Waals surface area (Å²) < 4.78 is 4.90. The van der Waals surface area contributed by atoms with Gasteiger partial charge in [-0.2, -0.15) is 0 Å². The maximum atomic E-state index is 11.9. The molecule has 3 heteroatoms. The van der Waals surface area contributed by atoms with Gasteiger partial charge in [0.1, 0.15) is 4.88 Å². The van der Waals surface area contributed by atoms with E-state index in [-0.39, 0.29) is 5.97 Å². The first-order valence-corrected chi connectivity index (χ1v) is 10.3. The molecule has 3 aromatic rings. The average molecular weight is 379 g/mol. The average Bonchev–Trinajstić information content (AvgIpc) is 3.22. The first-order valence-electron chi connectivity index (χ1n) is 9.41. The van der Waals surface area contributed by atoms with E-state index < -0.39 is 0 Å². The van der Waals surface area contributed by atoms with Crippen LogP contribution in [0.5, 0.6) is 0 Å². The molecule has 0 N–H and O–H groups in total. The van der Waals surface area contributed by atoms with Crippen LogP contribution in [-0.2, 0) is 4.74 Å². The highest BCUT2D eigenvalue weighted by molar-refractivity contribution is 7.12. The molecular formula is C24H26O2S. The highest BCUT2D eigenvalue weighted by Crippen LogP contribution is 2.32. The monoisotopic (exact) mass is 378 g/mol. The Labute approximate surface area is 165 Å². The van der Waals surface area contributed by atoms with Gasteiger partial charge in [0, 0.05) is 0 Å². The number of ether oxygens (including phenoxy) is 1. The lowest BCUT2D eigenvalue weighted by molar-refractivity contribution is 0.0604. The first kappa shape index (κ1) is 19.4. The number of hydrogen-bond acceptors (Lipinski definition) is 3. The normalized spacial score (nSPS) is 13.1. The lowest BCUT2D eigenvalue weighted by atomic mass is 9.89. The van der Waals surface area contributed by atoms with E-state index >= 15 is 0 Å². The molecule has 0 bridgehead atoms. The van der Waals surface area contributed by atoms with E-state index in [9.17, 15) is 4.79 Å². The number of carbonyl (C=O) groups excluding carboxylic acids is 1. The fourth-order valence-corrected chi connectivity index (χ4v) is 4.36. The Morgan fingerprint density at radius 1 is 0.889 bits per heavy atom. The van der Waals surface area contributed by atoms with E-state index in [1.54, 1.807) is 0 Å². The number of esters is 1. The predicted octanol–water partition coefficient (Wildman–Crippen LogP) is 6.89. The van der Waals surface area contributed by atoms with Gasteiger partial charge in [-0.05, 0) is 58.4 Å². The first-order chi connectivity index (χ1) is 13.1. The summed E-state index contributed by atoms with van der Waals surface area (Å²) in [4.78, 5) is 12.6. The van der Waals surface area contributed by atoms with Crippen LogP contribution in [0.25, 0.3) is 11.1 Å². The van der Waals surface area contributed by atoms with Crippen LogP contribution in [0.3, 0.4) is 0 Å². The van der Waals surface area contributed by atoms with Crippen LogP contribution in [-0.4, -0.2) is 13.1 Å². The Balaban J connectivity index is 1.61. The summed E-state index contributed by atoms with van der Waals surface area (Å²) in [5.41, 5.74) is 4.97. The molecule has 0 fully saturated rings. The molecule has 3 rings (SSSR count). The summed E-state index contributed by atoms with van der Waals surface area (Å²) >= 11 is 1.47. The SMILES string of the molecule is COC(=O)c1sccc1C(C)CCC(C)c1ccc(-c2ccccc2)cc1. The molecule has 0 radical (unpaired) electrons. The van der Waals surface area contributed by atoms with E-state index in [2.05, 4.69) is 68.4 Å². The van der Waals surface area contributed by atoms with Crippen molar-refractivity contribution in [1.29, 1.82) is 0 Å². The van der Waals surface area contributed by atoms with Crippen LogP contribution >= 0.6 is 11.3 Å². The van der Waals surface area contributed by atoms with Crippen molar-refractivity contribution in [3.05, 3.63) is 82.0 Å². The van der Waals surface area contributed by atoms with Crippen molar-refractivity contribution in [2.45, 2.75) is 38.5 Å². The second-order valence-electron chi connectivity index (χ2n) is 7.06. The molecule has 1 heterocycles. The molecule has 140 valence electrons. The lowest BCUT2D eigenvalue weighted by Crippen LogP contribution is -2.05. The van der Waals surface area contributed by atoms with Gasteiger partial charge < -0.3 is 4.74 Å². The van der Waals surface area contributed by atoms with Crippen molar-refractivity contribution in [3.8, 4) is 11.1 Å². The molecule has 27 heavy (non-hydrogen) atoms. The number of benzene rings is 2. The molecule has 2 nitrogen and oxygen atoms in total. The van der Waals surface area contributed by atoms with Gasteiger partial charge in [-0.25, -0.2) is 4.79 Å². The molecule has 0 spiro atoms. The second kappa shape index (κ2) is 9.01. The third-order valence-electron chi connectivity index (χ3n) is 5.22. The molecule has 0 saturated heterocycles. The summed E-state index contributed by atoms with van der Waals surface area (Å²) in [7, 11) is 1.44. The molecule has 1 aromatic heterocycles. The second-order valence-corrected chi connectivity index (χ2v) is 7.98. The number of hydrogen-bond donors (Lipinski definition) is 0. The van der Waals surface area contributed by atoms with Crippen LogP contribution in [0, 0.1) is 0 Å². The van der Waals surface area contributed by atoms with Crippen molar-refractivity contribution >= 4 is 17.3 Å². The van der Waals surface area contributed by atoms with Crippen molar-refractivity contribution in [3.63, 3.8) is 0 Å². The number of carbonyl (C=O) groups is 1. The smallest absolute Gasteiger partial charge is 0.348 e. The topological polar surface area (TPSA) is 26.3 Å². The standard InChI is InChI=1S/C24H26O2S/c1-17(9-10-18(2)22-15-16-27-23(22)24(25)26-3)19-11-13-21(14-12-19)20-7-5-4-6-8-20/h4-8,11-18H,9-10H2,1-3H3. The molecule has 0 saturated carbocycles. The zero-order chi connectivity index (χ0) is 19.2. The summed E-state index contributed by atoms with van der Waals surface area (Å²) in [6.45, 7) is 4.47. The fourth-order valence-electron chi connectivity index (χ4n) is 3.42. The van der Waals surface area contributed by atoms with Crippen molar-refractivity contribution in [2.24, 2.45) is 0 Å². The van der Waals surface area contributed by atoms with E-state index in [4.69, 9.17) is 4.74 Å². The van der Waals surface area contributed by atoms with E-state index in [1.807, 2.05) is 11.4 Å². The zero-order valence-corrected chi connectivity index (χ0v) is 17.0. The maximum Gasteiger partial charge on any atom is 0.348 e. The number of thiophene rings is 1. The van der Waals surface area contributed by atoms with Gasteiger partial charge in [-0.3, -0.25) is 0 Å². The van der Waals surface area contributed by atoms with Gasteiger partial charge in [0.15, 0.2) is 0 Å². The molecule has 0 amide bonds. The van der Waals surface area contributed by atoms with Crippen LogP contribution < -0.4 is 0 Å². The zero-order valence-electron chi connectivity index (χ0n) is 16.1. The Morgan fingerprint density at radius 2 is 1.52 bits per heavy atom. The maximum absolute atomic E-state index is 11.9. The summed E-state index contributed by atoms with van der Waals surface area (Å²) in [6.07, 6.45) is 2.13. The number of methoxy groups -OCH3 is 1. The van der Waals surface area contributed by atoms with Gasteiger partial charge in [0.25, 0.3) is 0 Å². The van der Waals surface area contributed by atoms with Gasteiger partial charge in [-0.15, -0.1) is 11.3 Å². The molecule has 2 unspecified atom stereocenters. The van der Waals surface area contributed by atoms with Gasteiger partial charge in [-0.1, -0.05) is 68.4 Å². The van der Waals surface area contributed by atoms with Gasteiger partial charge in [0.05, 0.1) is 7.11 Å². The Morgan fingerprint density at radius 3 is 2.19 bits per heavy atom. The summed E-state index contributed by atoms with van der Waals surface area (Å²) in [5, 5.41) is 1.98. The molecule has 0 aliphatic heterocycles. The Hall–Kier alpha value is -2.39.